The minimum Gasteiger partial charge on any atom is -0.489 e. The van der Waals surface area contributed by atoms with Crippen molar-refractivity contribution in [3.8, 4) is 11.5 Å². The molecule has 0 amide bonds. The van der Waals surface area contributed by atoms with E-state index in [9.17, 15) is 4.79 Å². The number of carbonyl (C=O) groups excluding carboxylic acids is 1. The Morgan fingerprint density at radius 1 is 1.08 bits per heavy atom. The summed E-state index contributed by atoms with van der Waals surface area (Å²) >= 11 is 0. The molecule has 0 radical (unpaired) electrons. The predicted octanol–water partition coefficient (Wildman–Crippen LogP) is 5.22. The molecule has 0 unspecified atom stereocenters. The SMILES string of the molecule is C=Cc1cc(OCc2ccccc2)cc(OC(=O)OC(C)(C)C)c1. The van der Waals surface area contributed by atoms with E-state index in [1.54, 1.807) is 39.0 Å². The van der Waals surface area contributed by atoms with Crippen molar-refractivity contribution in [3.63, 3.8) is 0 Å². The highest BCUT2D eigenvalue weighted by atomic mass is 16.7. The number of rotatable bonds is 5. The van der Waals surface area contributed by atoms with E-state index in [1.807, 2.05) is 36.4 Å². The molecule has 0 aliphatic carbocycles. The number of ether oxygens (including phenoxy) is 3. The van der Waals surface area contributed by atoms with Crippen molar-refractivity contribution in [2.75, 3.05) is 0 Å². The van der Waals surface area contributed by atoms with Crippen molar-refractivity contribution < 1.29 is 19.0 Å². The summed E-state index contributed by atoms with van der Waals surface area (Å²) in [6.45, 7) is 9.51. The van der Waals surface area contributed by atoms with Crippen LogP contribution in [0.1, 0.15) is 31.9 Å². The van der Waals surface area contributed by atoms with Crippen molar-refractivity contribution in [3.05, 3.63) is 66.2 Å². The molecular formula is C20H22O4. The van der Waals surface area contributed by atoms with Gasteiger partial charge in [-0.15, -0.1) is 0 Å². The molecule has 4 nitrogen and oxygen atoms in total. The van der Waals surface area contributed by atoms with E-state index >= 15 is 0 Å². The maximum absolute atomic E-state index is 11.8. The van der Waals surface area contributed by atoms with E-state index in [-0.39, 0.29) is 0 Å². The van der Waals surface area contributed by atoms with Gasteiger partial charge in [0.25, 0.3) is 0 Å². The van der Waals surface area contributed by atoms with Crippen LogP contribution in [0.2, 0.25) is 0 Å². The molecule has 0 fully saturated rings. The van der Waals surface area contributed by atoms with Crippen LogP contribution in [0.5, 0.6) is 11.5 Å². The fourth-order valence-corrected chi connectivity index (χ4v) is 1.96. The van der Waals surface area contributed by atoms with Crippen molar-refractivity contribution in [1.29, 1.82) is 0 Å². The van der Waals surface area contributed by atoms with Gasteiger partial charge in [0.2, 0.25) is 0 Å². The molecule has 0 aliphatic heterocycles. The van der Waals surface area contributed by atoms with E-state index in [4.69, 9.17) is 14.2 Å². The average molecular weight is 326 g/mol. The largest absolute Gasteiger partial charge is 0.514 e. The third-order valence-corrected chi connectivity index (χ3v) is 2.98. The normalized spacial score (nSPS) is 10.8. The highest BCUT2D eigenvalue weighted by molar-refractivity contribution is 5.65. The van der Waals surface area contributed by atoms with E-state index in [0.29, 0.717) is 18.1 Å². The Hall–Kier alpha value is -2.75. The van der Waals surface area contributed by atoms with Crippen molar-refractivity contribution in [2.45, 2.75) is 33.0 Å². The predicted molar refractivity (Wildman–Crippen MR) is 94.2 cm³/mol. The second-order valence-corrected chi connectivity index (χ2v) is 6.28. The third kappa shape index (κ3) is 5.80. The van der Waals surface area contributed by atoms with Crippen molar-refractivity contribution in [2.24, 2.45) is 0 Å². The Kier molecular flexibility index (Phi) is 5.64. The highest BCUT2D eigenvalue weighted by Gasteiger charge is 2.18. The maximum atomic E-state index is 11.8. The molecule has 0 bridgehead atoms. The molecule has 0 spiro atoms. The van der Waals surface area contributed by atoms with Crippen LogP contribution in [0.3, 0.4) is 0 Å². The van der Waals surface area contributed by atoms with Crippen molar-refractivity contribution >= 4 is 12.2 Å². The molecule has 0 saturated heterocycles. The zero-order valence-electron chi connectivity index (χ0n) is 14.2. The topological polar surface area (TPSA) is 44.8 Å². The summed E-state index contributed by atoms with van der Waals surface area (Å²) in [5.74, 6) is 0.944. The number of carbonyl (C=O) groups is 1. The molecule has 0 aromatic heterocycles. The molecular weight excluding hydrogens is 304 g/mol. The van der Waals surface area contributed by atoms with E-state index in [0.717, 1.165) is 11.1 Å². The highest BCUT2D eigenvalue weighted by Crippen LogP contribution is 2.25. The van der Waals surface area contributed by atoms with Crippen LogP contribution in [0.4, 0.5) is 4.79 Å². The summed E-state index contributed by atoms with van der Waals surface area (Å²) in [5, 5.41) is 0. The lowest BCUT2D eigenvalue weighted by molar-refractivity contribution is 0.0206. The lowest BCUT2D eigenvalue weighted by atomic mass is 10.2. The van der Waals surface area contributed by atoms with Gasteiger partial charge in [-0.25, -0.2) is 4.79 Å². The Morgan fingerprint density at radius 3 is 2.38 bits per heavy atom. The number of benzene rings is 2. The van der Waals surface area contributed by atoms with Crippen LogP contribution in [0.15, 0.2) is 55.1 Å². The Bertz CT molecular complexity index is 699. The van der Waals surface area contributed by atoms with Gasteiger partial charge in [-0.1, -0.05) is 43.0 Å². The Morgan fingerprint density at radius 2 is 1.75 bits per heavy atom. The summed E-state index contributed by atoms with van der Waals surface area (Å²) in [6, 6.07) is 15.0. The van der Waals surface area contributed by atoms with Gasteiger partial charge in [0, 0.05) is 6.07 Å². The lowest BCUT2D eigenvalue weighted by Crippen LogP contribution is -2.26. The van der Waals surface area contributed by atoms with Gasteiger partial charge in [-0.3, -0.25) is 0 Å². The van der Waals surface area contributed by atoms with E-state index in [2.05, 4.69) is 6.58 Å². The van der Waals surface area contributed by atoms with Crippen molar-refractivity contribution in [1.82, 2.24) is 0 Å². The standard InChI is InChI=1S/C20H22O4/c1-5-15-11-17(22-14-16-9-7-6-8-10-16)13-18(12-15)23-19(21)24-20(2,3)4/h5-13H,1,14H2,2-4H3. The third-order valence-electron chi connectivity index (χ3n) is 2.98. The smallest absolute Gasteiger partial charge is 0.489 e. The van der Waals surface area contributed by atoms with Gasteiger partial charge in [0.15, 0.2) is 0 Å². The minimum absolute atomic E-state index is 0.352. The lowest BCUT2D eigenvalue weighted by Gasteiger charge is -2.19. The molecule has 126 valence electrons. The van der Waals surface area contributed by atoms with Crippen LogP contribution in [0, 0.1) is 0 Å². The summed E-state index contributed by atoms with van der Waals surface area (Å²) in [6.07, 6.45) is 0.912. The number of hydrogen-bond acceptors (Lipinski definition) is 4. The van der Waals surface area contributed by atoms with Crippen LogP contribution in [-0.2, 0) is 11.3 Å². The molecule has 24 heavy (non-hydrogen) atoms. The Labute approximate surface area is 142 Å². The number of hydrogen-bond donors (Lipinski definition) is 0. The first kappa shape index (κ1) is 17.6. The second-order valence-electron chi connectivity index (χ2n) is 6.28. The first-order chi connectivity index (χ1) is 11.4. The molecule has 0 aliphatic rings. The zero-order valence-corrected chi connectivity index (χ0v) is 14.2. The molecule has 2 aromatic rings. The summed E-state index contributed by atoms with van der Waals surface area (Å²) in [5.41, 5.74) is 1.23. The molecule has 0 heterocycles. The average Bonchev–Trinajstić information content (AvgIpc) is 2.51. The van der Waals surface area contributed by atoms with Gasteiger partial charge < -0.3 is 14.2 Å². The van der Waals surface area contributed by atoms with Crippen LogP contribution in [0.25, 0.3) is 6.08 Å². The zero-order chi connectivity index (χ0) is 17.6. The van der Waals surface area contributed by atoms with Gasteiger partial charge >= 0.3 is 6.16 Å². The van der Waals surface area contributed by atoms with E-state index < -0.39 is 11.8 Å². The first-order valence-electron chi connectivity index (χ1n) is 7.71. The quantitative estimate of drug-likeness (QED) is 0.558. The minimum atomic E-state index is -0.752. The van der Waals surface area contributed by atoms with Crippen LogP contribution in [-0.4, -0.2) is 11.8 Å². The molecule has 0 atom stereocenters. The fourth-order valence-electron chi connectivity index (χ4n) is 1.96. The monoisotopic (exact) mass is 326 g/mol. The maximum Gasteiger partial charge on any atom is 0.514 e. The van der Waals surface area contributed by atoms with Gasteiger partial charge in [-0.05, 0) is 44.0 Å². The van der Waals surface area contributed by atoms with Gasteiger partial charge in [-0.2, -0.15) is 0 Å². The van der Waals surface area contributed by atoms with Crippen LogP contribution < -0.4 is 9.47 Å². The second kappa shape index (κ2) is 7.68. The van der Waals surface area contributed by atoms with Gasteiger partial charge in [0.05, 0.1) is 0 Å². The molecule has 4 heteroatoms. The molecule has 0 N–H and O–H groups in total. The molecule has 2 rings (SSSR count). The Balaban J connectivity index is 2.09. The van der Waals surface area contributed by atoms with Gasteiger partial charge in [0.1, 0.15) is 23.7 Å². The van der Waals surface area contributed by atoms with E-state index in [1.165, 1.54) is 0 Å². The molecule has 0 saturated carbocycles. The van der Waals surface area contributed by atoms with Crippen LogP contribution >= 0.6 is 0 Å². The summed E-state index contributed by atoms with van der Waals surface area (Å²) < 4.78 is 16.2. The summed E-state index contributed by atoms with van der Waals surface area (Å²) in [7, 11) is 0. The molecule has 2 aromatic carbocycles. The fraction of sp³-hybridized carbons (Fsp3) is 0.250. The summed E-state index contributed by atoms with van der Waals surface area (Å²) in [4.78, 5) is 11.8. The first-order valence-corrected chi connectivity index (χ1v) is 7.71.